The van der Waals surface area contributed by atoms with Gasteiger partial charge in [0.1, 0.15) is 0 Å². The Hall–Kier alpha value is -0.160. The van der Waals surface area contributed by atoms with E-state index in [-0.39, 0.29) is 0 Å². The maximum Gasteiger partial charge on any atom is 0.0757 e. The van der Waals surface area contributed by atoms with Crippen molar-refractivity contribution in [3.63, 3.8) is 0 Å². The van der Waals surface area contributed by atoms with Gasteiger partial charge in [-0.25, -0.2) is 0 Å². The van der Waals surface area contributed by atoms with Crippen LogP contribution in [0, 0.1) is 5.92 Å². The van der Waals surface area contributed by atoms with Crippen LogP contribution in [-0.4, -0.2) is 50.6 Å². The van der Waals surface area contributed by atoms with Crippen LogP contribution < -0.4 is 10.6 Å². The molecular weight excluding hydrogens is 228 g/mol. The van der Waals surface area contributed by atoms with E-state index in [4.69, 9.17) is 9.47 Å². The smallest absolute Gasteiger partial charge is 0.0757 e. The monoisotopic (exact) mass is 254 g/mol. The van der Waals surface area contributed by atoms with Gasteiger partial charge in [0, 0.05) is 31.3 Å². The summed E-state index contributed by atoms with van der Waals surface area (Å²) in [6.45, 7) is 5.95. The number of hydrogen-bond acceptors (Lipinski definition) is 4. The number of rotatable bonds is 5. The molecule has 0 bridgehead atoms. The number of morpholine rings is 1. The van der Waals surface area contributed by atoms with Crippen molar-refractivity contribution in [2.24, 2.45) is 5.92 Å². The first-order chi connectivity index (χ1) is 8.83. The molecule has 2 N–H and O–H groups in total. The van der Waals surface area contributed by atoms with Crippen molar-refractivity contribution in [1.82, 2.24) is 10.6 Å². The number of ether oxygens (including phenoxy) is 2. The van der Waals surface area contributed by atoms with Gasteiger partial charge < -0.3 is 20.1 Å². The van der Waals surface area contributed by atoms with Crippen LogP contribution in [0.4, 0.5) is 0 Å². The normalized spacial score (nSPS) is 38.8. The van der Waals surface area contributed by atoms with E-state index in [1.807, 2.05) is 0 Å². The highest BCUT2D eigenvalue weighted by Crippen LogP contribution is 2.38. The fourth-order valence-corrected chi connectivity index (χ4v) is 3.31. The lowest BCUT2D eigenvalue weighted by Crippen LogP contribution is -2.48. The summed E-state index contributed by atoms with van der Waals surface area (Å²) in [4.78, 5) is 0. The zero-order chi connectivity index (χ0) is 12.4. The van der Waals surface area contributed by atoms with E-state index in [2.05, 4.69) is 17.6 Å². The average molecular weight is 254 g/mol. The molecule has 104 valence electrons. The Bertz CT molecular complexity index is 265. The molecule has 3 rings (SSSR count). The van der Waals surface area contributed by atoms with Gasteiger partial charge in [0.25, 0.3) is 0 Å². The van der Waals surface area contributed by atoms with Crippen molar-refractivity contribution in [2.45, 2.75) is 56.8 Å². The van der Waals surface area contributed by atoms with Crippen LogP contribution in [0.1, 0.15) is 32.6 Å². The molecule has 0 radical (unpaired) electrons. The zero-order valence-electron chi connectivity index (χ0n) is 11.4. The van der Waals surface area contributed by atoms with Crippen molar-refractivity contribution < 1.29 is 9.47 Å². The number of hydrogen-bond donors (Lipinski definition) is 2. The molecule has 0 aromatic carbocycles. The predicted molar refractivity (Wildman–Crippen MR) is 70.7 cm³/mol. The molecule has 2 heterocycles. The van der Waals surface area contributed by atoms with E-state index in [1.54, 1.807) is 0 Å². The Morgan fingerprint density at radius 3 is 2.89 bits per heavy atom. The Balaban J connectivity index is 1.43. The minimum atomic E-state index is 0.489. The standard InChI is InChI=1S/C14H26N2O2/c1-10(8-12-9-17-7-5-15-12)16-13-4-6-18-14(13)11-2-3-11/h10-16H,2-9H2,1H3. The summed E-state index contributed by atoms with van der Waals surface area (Å²) in [6.07, 6.45) is 5.56. The van der Waals surface area contributed by atoms with Crippen LogP contribution in [0.25, 0.3) is 0 Å². The van der Waals surface area contributed by atoms with Crippen molar-refractivity contribution in [3.05, 3.63) is 0 Å². The molecular formula is C14H26N2O2. The zero-order valence-corrected chi connectivity index (χ0v) is 11.4. The number of nitrogens with one attached hydrogen (secondary N) is 2. The van der Waals surface area contributed by atoms with Gasteiger partial charge in [-0.05, 0) is 38.5 Å². The molecule has 2 aliphatic heterocycles. The quantitative estimate of drug-likeness (QED) is 0.765. The Labute approximate surface area is 110 Å². The summed E-state index contributed by atoms with van der Waals surface area (Å²) < 4.78 is 11.4. The molecule has 3 fully saturated rings. The molecule has 4 atom stereocenters. The average Bonchev–Trinajstić information content (AvgIpc) is 3.12. The molecule has 3 aliphatic rings. The van der Waals surface area contributed by atoms with E-state index in [0.717, 1.165) is 38.7 Å². The molecule has 0 amide bonds. The minimum absolute atomic E-state index is 0.489. The topological polar surface area (TPSA) is 42.5 Å². The Morgan fingerprint density at radius 1 is 1.28 bits per heavy atom. The molecule has 4 heteroatoms. The Morgan fingerprint density at radius 2 is 2.17 bits per heavy atom. The van der Waals surface area contributed by atoms with Gasteiger partial charge in [0.05, 0.1) is 19.3 Å². The van der Waals surface area contributed by atoms with Crippen LogP contribution in [0.5, 0.6) is 0 Å². The molecule has 2 saturated heterocycles. The van der Waals surface area contributed by atoms with Crippen LogP contribution in [0.15, 0.2) is 0 Å². The lowest BCUT2D eigenvalue weighted by molar-refractivity contribution is 0.0655. The first-order valence-corrected chi connectivity index (χ1v) is 7.51. The summed E-state index contributed by atoms with van der Waals surface area (Å²) in [5, 5.41) is 7.30. The maximum atomic E-state index is 5.88. The highest BCUT2D eigenvalue weighted by Gasteiger charge is 2.40. The van der Waals surface area contributed by atoms with Gasteiger partial charge >= 0.3 is 0 Å². The second-order valence-electron chi connectivity index (χ2n) is 6.10. The van der Waals surface area contributed by atoms with Crippen molar-refractivity contribution in [2.75, 3.05) is 26.4 Å². The van der Waals surface area contributed by atoms with Crippen molar-refractivity contribution >= 4 is 0 Å². The first-order valence-electron chi connectivity index (χ1n) is 7.51. The second-order valence-corrected chi connectivity index (χ2v) is 6.10. The van der Waals surface area contributed by atoms with Crippen molar-refractivity contribution in [1.29, 1.82) is 0 Å². The van der Waals surface area contributed by atoms with Crippen molar-refractivity contribution in [3.8, 4) is 0 Å². The summed E-state index contributed by atoms with van der Waals surface area (Å²) >= 11 is 0. The highest BCUT2D eigenvalue weighted by molar-refractivity contribution is 4.94. The third-order valence-electron chi connectivity index (χ3n) is 4.36. The molecule has 0 aromatic rings. The molecule has 0 aromatic heterocycles. The second kappa shape index (κ2) is 5.87. The molecule has 1 saturated carbocycles. The van der Waals surface area contributed by atoms with Gasteiger partial charge in [-0.15, -0.1) is 0 Å². The molecule has 18 heavy (non-hydrogen) atoms. The Kier molecular flexibility index (Phi) is 4.19. The molecule has 4 nitrogen and oxygen atoms in total. The molecule has 4 unspecified atom stereocenters. The van der Waals surface area contributed by atoms with Crippen LogP contribution >= 0.6 is 0 Å². The maximum absolute atomic E-state index is 5.88. The summed E-state index contributed by atoms with van der Waals surface area (Å²) in [5.74, 6) is 0.841. The van der Waals surface area contributed by atoms with E-state index in [1.165, 1.54) is 19.3 Å². The lowest BCUT2D eigenvalue weighted by Gasteiger charge is -2.29. The van der Waals surface area contributed by atoms with E-state index >= 15 is 0 Å². The largest absolute Gasteiger partial charge is 0.379 e. The van der Waals surface area contributed by atoms with Gasteiger partial charge in [-0.3, -0.25) is 0 Å². The predicted octanol–water partition coefficient (Wildman–Crippen LogP) is 0.911. The highest BCUT2D eigenvalue weighted by atomic mass is 16.5. The first kappa shape index (κ1) is 12.9. The third kappa shape index (κ3) is 3.23. The summed E-state index contributed by atoms with van der Waals surface area (Å²) in [7, 11) is 0. The van der Waals surface area contributed by atoms with Crippen LogP contribution in [-0.2, 0) is 9.47 Å². The fourth-order valence-electron chi connectivity index (χ4n) is 3.31. The fraction of sp³-hybridized carbons (Fsp3) is 1.00. The van der Waals surface area contributed by atoms with Crippen LogP contribution in [0.2, 0.25) is 0 Å². The van der Waals surface area contributed by atoms with Gasteiger partial charge in [-0.2, -0.15) is 0 Å². The summed E-state index contributed by atoms with van der Waals surface area (Å²) in [6, 6.07) is 1.64. The SMILES string of the molecule is CC(CC1COCCN1)NC1CCOC1C1CC1. The molecule has 1 aliphatic carbocycles. The summed E-state index contributed by atoms with van der Waals surface area (Å²) in [5.41, 5.74) is 0. The van der Waals surface area contributed by atoms with Crippen LogP contribution in [0.3, 0.4) is 0 Å². The van der Waals surface area contributed by atoms with E-state index < -0.39 is 0 Å². The van der Waals surface area contributed by atoms with E-state index in [0.29, 0.717) is 24.2 Å². The van der Waals surface area contributed by atoms with Gasteiger partial charge in [0.2, 0.25) is 0 Å². The molecule has 0 spiro atoms. The minimum Gasteiger partial charge on any atom is -0.379 e. The van der Waals surface area contributed by atoms with Gasteiger partial charge in [-0.1, -0.05) is 0 Å². The van der Waals surface area contributed by atoms with E-state index in [9.17, 15) is 0 Å². The lowest BCUT2D eigenvalue weighted by atomic mass is 10.0. The third-order valence-corrected chi connectivity index (χ3v) is 4.36. The van der Waals surface area contributed by atoms with Gasteiger partial charge in [0.15, 0.2) is 0 Å².